The van der Waals surface area contributed by atoms with Gasteiger partial charge in [-0.05, 0) is 108 Å². The molecule has 0 atom stereocenters. The van der Waals surface area contributed by atoms with E-state index in [0.29, 0.717) is 0 Å². The monoisotopic (exact) mass is 805 g/mol. The zero-order chi connectivity index (χ0) is 41.5. The van der Waals surface area contributed by atoms with Gasteiger partial charge in [0, 0.05) is 17.1 Å². The number of hydrogen-bond donors (Lipinski definition) is 0. The first-order chi connectivity index (χ1) is 30.5. The Balaban J connectivity index is 1.22. The Labute approximate surface area is 365 Å². The van der Waals surface area contributed by atoms with Gasteiger partial charge in [0.25, 0.3) is 0 Å². The third-order valence-corrected chi connectivity index (χ3v) is 18.7. The average molecular weight is 806 g/mol. The second kappa shape index (κ2) is 14.2. The van der Waals surface area contributed by atoms with Crippen molar-refractivity contribution in [1.29, 1.82) is 0 Å². The van der Waals surface area contributed by atoms with Gasteiger partial charge in [-0.25, -0.2) is 0 Å². The molecule has 2 aliphatic rings. The summed E-state index contributed by atoms with van der Waals surface area (Å²) < 4.78 is 0. The molecule has 3 heteroatoms. The van der Waals surface area contributed by atoms with E-state index < -0.39 is 8.07 Å². The van der Waals surface area contributed by atoms with Crippen LogP contribution in [0.3, 0.4) is 0 Å². The first-order valence-corrected chi connectivity index (χ1v) is 23.9. The van der Waals surface area contributed by atoms with Gasteiger partial charge in [-0.1, -0.05) is 222 Å². The third kappa shape index (κ3) is 5.22. The van der Waals surface area contributed by atoms with E-state index in [1.807, 2.05) is 0 Å². The Morgan fingerprint density at radius 1 is 0.387 bits per heavy atom. The van der Waals surface area contributed by atoms with E-state index in [9.17, 15) is 0 Å². The predicted octanol–water partition coefficient (Wildman–Crippen LogP) is 10.2. The molecule has 2 aliphatic heterocycles. The molecule has 62 heavy (non-hydrogen) atoms. The highest BCUT2D eigenvalue weighted by atomic mass is 28.3. The molecule has 0 aliphatic carbocycles. The summed E-state index contributed by atoms with van der Waals surface area (Å²) in [6, 6.07) is 80.7. The molecule has 0 aromatic heterocycles. The molecule has 10 aromatic carbocycles. The standard InChI is InChI=1S/C59H44BNSi/c1-39-36-40(2)58(41(3)37-39)60-50-30-17-18-32-52(50)61-53-35-34-43(57-48-28-15-13-26-46(48)56(42-20-7-4-8-21-42)47-27-14-16-29-49(47)57)38-55(53)62(44-22-9-5-10-23-44,45-24-11-6-12-25-45)54-33-19-31-51(60)59(54)61/h4-38H,1-3H3. The molecule has 12 rings (SSSR count). The van der Waals surface area contributed by atoms with Crippen LogP contribution in [0.25, 0.3) is 43.8 Å². The molecule has 0 radical (unpaired) electrons. The van der Waals surface area contributed by atoms with Gasteiger partial charge in [0.1, 0.15) is 0 Å². The van der Waals surface area contributed by atoms with E-state index in [1.54, 1.807) is 0 Å². The van der Waals surface area contributed by atoms with Crippen LogP contribution in [-0.2, 0) is 0 Å². The number of para-hydroxylation sites is 2. The SMILES string of the molecule is Cc1cc(C)c(B2c3ccccc3N3c4ccc(-c5c6ccccc6c(-c6ccccc6)c6ccccc56)cc4[Si](c4ccccc4)(c4ccccc4)c4cccc2c43)c(C)c1. The minimum absolute atomic E-state index is 0.0953. The average Bonchev–Trinajstić information content (AvgIpc) is 3.32. The van der Waals surface area contributed by atoms with Crippen LogP contribution in [-0.4, -0.2) is 14.8 Å². The van der Waals surface area contributed by atoms with Crippen LogP contribution in [0.2, 0.25) is 0 Å². The van der Waals surface area contributed by atoms with Crippen molar-refractivity contribution in [2.75, 3.05) is 4.90 Å². The molecule has 0 saturated heterocycles. The van der Waals surface area contributed by atoms with Crippen LogP contribution in [0.4, 0.5) is 17.1 Å². The molecular weight excluding hydrogens is 762 g/mol. The summed E-state index contributed by atoms with van der Waals surface area (Å²) in [4.78, 5) is 2.64. The predicted molar refractivity (Wildman–Crippen MR) is 269 cm³/mol. The minimum Gasteiger partial charge on any atom is -0.312 e. The van der Waals surface area contributed by atoms with Gasteiger partial charge in [0.15, 0.2) is 8.07 Å². The van der Waals surface area contributed by atoms with Crippen molar-refractivity contribution in [1.82, 2.24) is 0 Å². The maximum absolute atomic E-state index is 3.02. The summed E-state index contributed by atoms with van der Waals surface area (Å²) in [5, 5.41) is 10.7. The van der Waals surface area contributed by atoms with Crippen molar-refractivity contribution in [2.24, 2.45) is 0 Å². The Morgan fingerprint density at radius 2 is 0.887 bits per heavy atom. The van der Waals surface area contributed by atoms with Crippen LogP contribution < -0.4 is 42.0 Å². The van der Waals surface area contributed by atoms with Gasteiger partial charge >= 0.3 is 0 Å². The number of hydrogen-bond acceptors (Lipinski definition) is 1. The number of anilines is 3. The van der Waals surface area contributed by atoms with Gasteiger partial charge in [0.05, 0.1) is 0 Å². The zero-order valence-electron chi connectivity index (χ0n) is 35.2. The number of fused-ring (bicyclic) bond motifs is 6. The third-order valence-electron chi connectivity index (χ3n) is 13.9. The number of nitrogens with zero attached hydrogens (tertiary/aromatic N) is 1. The molecule has 0 saturated carbocycles. The summed E-state index contributed by atoms with van der Waals surface area (Å²) in [6.45, 7) is 6.93. The van der Waals surface area contributed by atoms with Crippen LogP contribution in [0.1, 0.15) is 16.7 Å². The van der Waals surface area contributed by atoms with Crippen LogP contribution in [0, 0.1) is 20.8 Å². The maximum atomic E-state index is 2.64. The largest absolute Gasteiger partial charge is 0.312 e. The second-order valence-corrected chi connectivity index (χ2v) is 21.0. The van der Waals surface area contributed by atoms with Crippen molar-refractivity contribution in [3.8, 4) is 22.3 Å². The van der Waals surface area contributed by atoms with Gasteiger partial charge in [-0.15, -0.1) is 0 Å². The molecule has 0 spiro atoms. The Kier molecular flexibility index (Phi) is 8.39. The summed E-state index contributed by atoms with van der Waals surface area (Å²) >= 11 is 0. The molecule has 0 amide bonds. The Morgan fingerprint density at radius 3 is 1.48 bits per heavy atom. The lowest BCUT2D eigenvalue weighted by Gasteiger charge is -2.49. The molecule has 292 valence electrons. The topological polar surface area (TPSA) is 3.24 Å². The highest BCUT2D eigenvalue weighted by Gasteiger charge is 2.52. The van der Waals surface area contributed by atoms with Crippen molar-refractivity contribution in [3.63, 3.8) is 0 Å². The smallest absolute Gasteiger partial charge is 0.247 e. The van der Waals surface area contributed by atoms with E-state index in [1.165, 1.54) is 115 Å². The van der Waals surface area contributed by atoms with Crippen molar-refractivity contribution in [3.05, 3.63) is 229 Å². The summed E-state index contributed by atoms with van der Waals surface area (Å²) in [5.41, 5.74) is 17.1. The van der Waals surface area contributed by atoms with Gasteiger partial charge in [-0.3, -0.25) is 0 Å². The summed E-state index contributed by atoms with van der Waals surface area (Å²) in [7, 11) is -3.02. The fraction of sp³-hybridized carbons (Fsp3) is 0.0508. The molecule has 1 nitrogen and oxygen atoms in total. The highest BCUT2D eigenvalue weighted by Crippen LogP contribution is 2.46. The first-order valence-electron chi connectivity index (χ1n) is 21.9. The zero-order valence-corrected chi connectivity index (χ0v) is 36.2. The molecule has 0 fully saturated rings. The Hall–Kier alpha value is -7.20. The van der Waals surface area contributed by atoms with Crippen LogP contribution >= 0.6 is 0 Å². The van der Waals surface area contributed by atoms with E-state index >= 15 is 0 Å². The fourth-order valence-corrected chi connectivity index (χ4v) is 16.8. The highest BCUT2D eigenvalue weighted by molar-refractivity contribution is 7.22. The lowest BCUT2D eigenvalue weighted by Crippen LogP contribution is -2.78. The molecule has 0 unspecified atom stereocenters. The van der Waals surface area contributed by atoms with Crippen LogP contribution in [0.5, 0.6) is 0 Å². The number of aryl methyl sites for hydroxylation is 3. The van der Waals surface area contributed by atoms with E-state index in [4.69, 9.17) is 0 Å². The molecule has 0 N–H and O–H groups in total. The Bertz CT molecular complexity index is 3280. The van der Waals surface area contributed by atoms with E-state index in [2.05, 4.69) is 238 Å². The quantitative estimate of drug-likeness (QED) is 0.124. The normalized spacial score (nSPS) is 13.5. The number of benzene rings is 10. The summed E-state index contributed by atoms with van der Waals surface area (Å²) in [5.74, 6) is 0. The van der Waals surface area contributed by atoms with Gasteiger partial charge in [0.2, 0.25) is 6.71 Å². The van der Waals surface area contributed by atoms with E-state index in [-0.39, 0.29) is 6.71 Å². The van der Waals surface area contributed by atoms with Crippen LogP contribution in [0.15, 0.2) is 212 Å². The second-order valence-electron chi connectivity index (χ2n) is 17.3. The number of rotatable bonds is 5. The molecule has 10 aromatic rings. The maximum Gasteiger partial charge on any atom is 0.247 e. The minimum atomic E-state index is -3.02. The molecule has 0 bridgehead atoms. The lowest BCUT2D eigenvalue weighted by molar-refractivity contribution is 1.30. The lowest BCUT2D eigenvalue weighted by atomic mass is 9.34. The van der Waals surface area contributed by atoms with Gasteiger partial charge in [-0.2, -0.15) is 0 Å². The van der Waals surface area contributed by atoms with Gasteiger partial charge < -0.3 is 4.90 Å². The van der Waals surface area contributed by atoms with Crippen molar-refractivity contribution < 1.29 is 0 Å². The molecular formula is C59H44BNSi. The summed E-state index contributed by atoms with van der Waals surface area (Å²) in [6.07, 6.45) is 0. The van der Waals surface area contributed by atoms with Crippen molar-refractivity contribution in [2.45, 2.75) is 20.8 Å². The fourth-order valence-electron chi connectivity index (χ4n) is 11.6. The first kappa shape index (κ1) is 36.6. The van der Waals surface area contributed by atoms with E-state index in [0.717, 1.165) is 0 Å². The van der Waals surface area contributed by atoms with Crippen molar-refractivity contribution >= 4 is 90.5 Å². The molecule has 2 heterocycles.